The minimum absolute atomic E-state index is 0.0531. The van der Waals surface area contributed by atoms with Crippen LogP contribution in [0.5, 0.6) is 0 Å². The molecule has 2 rings (SSSR count). The largest absolute Gasteiger partial charge is 0.382 e. The zero-order chi connectivity index (χ0) is 15.2. The van der Waals surface area contributed by atoms with Gasteiger partial charge in [0.2, 0.25) is 0 Å². The lowest BCUT2D eigenvalue weighted by Gasteiger charge is -2.32. The van der Waals surface area contributed by atoms with E-state index >= 15 is 0 Å². The molecule has 4 heteroatoms. The molecule has 0 bridgehead atoms. The Balaban J connectivity index is 2.13. The van der Waals surface area contributed by atoms with Crippen LogP contribution in [0.2, 0.25) is 0 Å². The Labute approximate surface area is 126 Å². The molecular weight excluding hydrogens is 267 g/mol. The third-order valence-electron chi connectivity index (χ3n) is 4.27. The van der Waals surface area contributed by atoms with Crippen molar-refractivity contribution in [1.82, 2.24) is 4.90 Å². The van der Waals surface area contributed by atoms with E-state index in [1.54, 1.807) is 12.1 Å². The van der Waals surface area contributed by atoms with Gasteiger partial charge in [-0.2, -0.15) is 0 Å². The molecule has 0 unspecified atom stereocenters. The van der Waals surface area contributed by atoms with Crippen molar-refractivity contribution in [3.63, 3.8) is 0 Å². The fraction of sp³-hybridized carbons (Fsp3) is 0.588. The molecule has 0 atom stereocenters. The Bertz CT molecular complexity index is 482. The van der Waals surface area contributed by atoms with Crippen molar-refractivity contribution in [3.05, 3.63) is 29.6 Å². The second kappa shape index (κ2) is 7.43. The highest BCUT2D eigenvalue weighted by Crippen LogP contribution is 2.25. The Morgan fingerprint density at radius 1 is 1.33 bits per heavy atom. The Morgan fingerprint density at radius 3 is 2.67 bits per heavy atom. The molecule has 21 heavy (non-hydrogen) atoms. The average molecular weight is 292 g/mol. The zero-order valence-corrected chi connectivity index (χ0v) is 13.0. The maximum atomic E-state index is 14.0. The monoisotopic (exact) mass is 292 g/mol. The lowest BCUT2D eigenvalue weighted by atomic mass is 9.94. The first-order valence-corrected chi connectivity index (χ1v) is 7.99. The number of benzene rings is 1. The average Bonchev–Trinajstić information content (AvgIpc) is 2.53. The van der Waals surface area contributed by atoms with Gasteiger partial charge < -0.3 is 10.2 Å². The van der Waals surface area contributed by atoms with Crippen molar-refractivity contribution < 1.29 is 9.18 Å². The summed E-state index contributed by atoms with van der Waals surface area (Å²) in [6.07, 6.45) is 4.17. The molecular formula is C17H25FN2O. The van der Waals surface area contributed by atoms with Crippen LogP contribution in [-0.2, 0) is 0 Å². The van der Waals surface area contributed by atoms with Crippen LogP contribution in [0.3, 0.4) is 0 Å². The molecule has 3 nitrogen and oxygen atoms in total. The zero-order valence-electron chi connectivity index (χ0n) is 13.0. The van der Waals surface area contributed by atoms with E-state index in [1.807, 2.05) is 11.8 Å². The minimum atomic E-state index is -0.349. The predicted molar refractivity (Wildman–Crippen MR) is 84.1 cm³/mol. The van der Waals surface area contributed by atoms with Crippen molar-refractivity contribution >= 4 is 11.6 Å². The van der Waals surface area contributed by atoms with Gasteiger partial charge in [0, 0.05) is 19.6 Å². The number of hydrogen-bond acceptors (Lipinski definition) is 2. The van der Waals surface area contributed by atoms with Gasteiger partial charge in [0.25, 0.3) is 5.91 Å². The third-order valence-corrected chi connectivity index (χ3v) is 4.27. The van der Waals surface area contributed by atoms with E-state index in [9.17, 15) is 9.18 Å². The quantitative estimate of drug-likeness (QED) is 0.892. The molecule has 1 fully saturated rings. The van der Waals surface area contributed by atoms with E-state index < -0.39 is 0 Å². The number of carbonyl (C=O) groups is 1. The number of anilines is 1. The second-order valence-corrected chi connectivity index (χ2v) is 5.73. The van der Waals surface area contributed by atoms with Gasteiger partial charge in [0.1, 0.15) is 5.82 Å². The highest BCUT2D eigenvalue weighted by Gasteiger charge is 2.25. The van der Waals surface area contributed by atoms with E-state index in [4.69, 9.17) is 0 Å². The number of nitrogens with zero attached hydrogens (tertiary/aromatic N) is 1. The van der Waals surface area contributed by atoms with Crippen LogP contribution in [0.4, 0.5) is 10.1 Å². The third kappa shape index (κ3) is 3.74. The van der Waals surface area contributed by atoms with Crippen LogP contribution in [0, 0.1) is 11.7 Å². The SMILES string of the molecule is CCCNc1c(F)cccc1C(=O)N1CCC(CC)CC1. The predicted octanol–water partition coefficient (Wildman–Crippen LogP) is 3.91. The standard InChI is InChI=1S/C17H25FN2O/c1-3-10-19-16-14(6-5-7-15(16)18)17(21)20-11-8-13(4-2)9-12-20/h5-7,13,19H,3-4,8-12H2,1-2H3. The lowest BCUT2D eigenvalue weighted by Crippen LogP contribution is -2.38. The summed E-state index contributed by atoms with van der Waals surface area (Å²) >= 11 is 0. The molecule has 0 aromatic heterocycles. The molecule has 1 aromatic rings. The lowest BCUT2D eigenvalue weighted by molar-refractivity contribution is 0.0689. The first-order valence-electron chi connectivity index (χ1n) is 7.99. The summed E-state index contributed by atoms with van der Waals surface area (Å²) in [5.41, 5.74) is 0.806. The number of carbonyl (C=O) groups excluding carboxylic acids is 1. The normalized spacial score (nSPS) is 16.0. The molecule has 116 valence electrons. The maximum Gasteiger partial charge on any atom is 0.256 e. The molecule has 0 aliphatic carbocycles. The summed E-state index contributed by atoms with van der Waals surface area (Å²) in [6.45, 7) is 6.44. The summed E-state index contributed by atoms with van der Waals surface area (Å²) in [7, 11) is 0. The van der Waals surface area contributed by atoms with Gasteiger partial charge in [-0.05, 0) is 37.3 Å². The van der Waals surface area contributed by atoms with E-state index in [1.165, 1.54) is 12.5 Å². The number of hydrogen-bond donors (Lipinski definition) is 1. The molecule has 0 saturated carbocycles. The Hall–Kier alpha value is -1.58. The summed E-state index contributed by atoms with van der Waals surface area (Å²) in [5.74, 6) is 0.319. The smallest absolute Gasteiger partial charge is 0.256 e. The topological polar surface area (TPSA) is 32.3 Å². The number of rotatable bonds is 5. The van der Waals surface area contributed by atoms with Gasteiger partial charge >= 0.3 is 0 Å². The van der Waals surface area contributed by atoms with Gasteiger partial charge in [-0.15, -0.1) is 0 Å². The molecule has 1 aromatic carbocycles. The van der Waals surface area contributed by atoms with Crippen LogP contribution < -0.4 is 5.32 Å². The van der Waals surface area contributed by atoms with Crippen molar-refractivity contribution in [1.29, 1.82) is 0 Å². The second-order valence-electron chi connectivity index (χ2n) is 5.73. The van der Waals surface area contributed by atoms with Crippen LogP contribution in [0.15, 0.2) is 18.2 Å². The molecule has 1 N–H and O–H groups in total. The van der Waals surface area contributed by atoms with E-state index in [2.05, 4.69) is 12.2 Å². The van der Waals surface area contributed by atoms with Gasteiger partial charge in [0.15, 0.2) is 0 Å². The van der Waals surface area contributed by atoms with Crippen LogP contribution in [-0.4, -0.2) is 30.4 Å². The molecule has 1 saturated heterocycles. The molecule has 1 aliphatic rings. The molecule has 1 amide bonds. The Kier molecular flexibility index (Phi) is 5.59. The van der Waals surface area contributed by atoms with Crippen molar-refractivity contribution in [2.45, 2.75) is 39.5 Å². The first-order chi connectivity index (χ1) is 10.2. The minimum Gasteiger partial charge on any atom is -0.382 e. The van der Waals surface area contributed by atoms with E-state index in [-0.39, 0.29) is 11.7 Å². The highest BCUT2D eigenvalue weighted by atomic mass is 19.1. The van der Waals surface area contributed by atoms with Gasteiger partial charge in [0.05, 0.1) is 11.3 Å². The van der Waals surface area contributed by atoms with Crippen molar-refractivity contribution in [3.8, 4) is 0 Å². The van der Waals surface area contributed by atoms with Crippen molar-refractivity contribution in [2.24, 2.45) is 5.92 Å². The van der Waals surface area contributed by atoms with E-state index in [0.717, 1.165) is 38.3 Å². The number of nitrogens with one attached hydrogen (secondary N) is 1. The summed E-state index contributed by atoms with van der Waals surface area (Å²) in [6, 6.07) is 4.73. The van der Waals surface area contributed by atoms with E-state index in [0.29, 0.717) is 17.8 Å². The molecule has 0 spiro atoms. The maximum absolute atomic E-state index is 14.0. The number of piperidine rings is 1. The van der Waals surface area contributed by atoms with Crippen LogP contribution >= 0.6 is 0 Å². The highest BCUT2D eigenvalue weighted by molar-refractivity contribution is 5.99. The van der Waals surface area contributed by atoms with Gasteiger partial charge in [-0.25, -0.2) is 4.39 Å². The summed E-state index contributed by atoms with van der Waals surface area (Å²) < 4.78 is 14.0. The fourth-order valence-corrected chi connectivity index (χ4v) is 2.85. The van der Waals surface area contributed by atoms with Gasteiger partial charge in [-0.3, -0.25) is 4.79 Å². The molecule has 0 radical (unpaired) electrons. The van der Waals surface area contributed by atoms with Gasteiger partial charge in [-0.1, -0.05) is 26.3 Å². The fourth-order valence-electron chi connectivity index (χ4n) is 2.85. The van der Waals surface area contributed by atoms with Crippen LogP contribution in [0.25, 0.3) is 0 Å². The summed E-state index contributed by atoms with van der Waals surface area (Å²) in [4.78, 5) is 14.5. The number of halogens is 1. The number of likely N-dealkylation sites (tertiary alicyclic amines) is 1. The molecule has 1 heterocycles. The first kappa shape index (κ1) is 15.8. The van der Waals surface area contributed by atoms with Crippen LogP contribution in [0.1, 0.15) is 49.9 Å². The van der Waals surface area contributed by atoms with Crippen molar-refractivity contribution in [2.75, 3.05) is 25.0 Å². The Morgan fingerprint density at radius 2 is 2.05 bits per heavy atom. The number of para-hydroxylation sites is 1. The summed E-state index contributed by atoms with van der Waals surface area (Å²) in [5, 5.41) is 3.05. The molecule has 1 aliphatic heterocycles. The number of amides is 1.